The predicted molar refractivity (Wildman–Crippen MR) is 63.6 cm³/mol. The Morgan fingerprint density at radius 3 is 2.87 bits per heavy atom. The summed E-state index contributed by atoms with van der Waals surface area (Å²) in [7, 11) is 3.58. The van der Waals surface area contributed by atoms with E-state index in [4.69, 9.17) is 16.3 Å². The van der Waals surface area contributed by atoms with Crippen LogP contribution in [0.4, 0.5) is 0 Å². The van der Waals surface area contributed by atoms with Gasteiger partial charge in [-0.05, 0) is 37.2 Å². The molecule has 0 fully saturated rings. The van der Waals surface area contributed by atoms with Crippen molar-refractivity contribution < 1.29 is 4.74 Å². The molecule has 1 rings (SSSR count). The van der Waals surface area contributed by atoms with Crippen molar-refractivity contribution in [3.63, 3.8) is 0 Å². The molecule has 0 aromatic heterocycles. The lowest BCUT2D eigenvalue weighted by Gasteiger charge is -2.09. The molecule has 0 saturated carbocycles. The molecule has 3 nitrogen and oxygen atoms in total. The van der Waals surface area contributed by atoms with Crippen LogP contribution in [0, 0.1) is 0 Å². The molecule has 2 N–H and O–H groups in total. The Bertz CT molecular complexity index is 305. The molecule has 0 atom stereocenters. The molecule has 1 aromatic rings. The van der Waals surface area contributed by atoms with E-state index in [-0.39, 0.29) is 0 Å². The zero-order valence-electron chi connectivity index (χ0n) is 9.14. The summed E-state index contributed by atoms with van der Waals surface area (Å²) >= 11 is 5.93. The van der Waals surface area contributed by atoms with Crippen molar-refractivity contribution >= 4 is 11.6 Å². The summed E-state index contributed by atoms with van der Waals surface area (Å²) in [5.74, 6) is 0.894. The molecule has 0 saturated heterocycles. The van der Waals surface area contributed by atoms with Crippen molar-refractivity contribution in [2.75, 3.05) is 27.4 Å². The third-order valence-electron chi connectivity index (χ3n) is 2.12. The highest BCUT2D eigenvalue weighted by molar-refractivity contribution is 6.30. The summed E-state index contributed by atoms with van der Waals surface area (Å²) in [6.07, 6.45) is 0.908. The Morgan fingerprint density at radius 1 is 1.40 bits per heavy atom. The maximum absolute atomic E-state index is 5.93. The highest BCUT2D eigenvalue weighted by Crippen LogP contribution is 2.22. The number of benzene rings is 1. The fraction of sp³-hybridized carbons (Fsp3) is 0.455. The van der Waals surface area contributed by atoms with Crippen LogP contribution in [0.25, 0.3) is 0 Å². The molecule has 0 aliphatic rings. The van der Waals surface area contributed by atoms with Crippen molar-refractivity contribution in [2.45, 2.75) is 6.42 Å². The van der Waals surface area contributed by atoms with Gasteiger partial charge in [0.15, 0.2) is 0 Å². The first kappa shape index (κ1) is 12.3. The number of halogens is 1. The molecule has 4 heteroatoms. The van der Waals surface area contributed by atoms with Crippen LogP contribution >= 0.6 is 11.6 Å². The summed E-state index contributed by atoms with van der Waals surface area (Å²) < 4.78 is 5.26. The lowest BCUT2D eigenvalue weighted by Crippen LogP contribution is -2.27. The van der Waals surface area contributed by atoms with Gasteiger partial charge in [0, 0.05) is 18.2 Å². The van der Waals surface area contributed by atoms with E-state index >= 15 is 0 Å². The van der Waals surface area contributed by atoms with E-state index in [1.807, 2.05) is 25.2 Å². The Balaban J connectivity index is 2.54. The molecular weight excluding hydrogens is 212 g/mol. The van der Waals surface area contributed by atoms with Crippen LogP contribution in [0.3, 0.4) is 0 Å². The van der Waals surface area contributed by atoms with Crippen LogP contribution in [0.1, 0.15) is 5.56 Å². The van der Waals surface area contributed by atoms with Gasteiger partial charge in [-0.15, -0.1) is 0 Å². The number of hydrogen-bond donors (Lipinski definition) is 2. The van der Waals surface area contributed by atoms with Gasteiger partial charge in [0.05, 0.1) is 7.11 Å². The van der Waals surface area contributed by atoms with Crippen LogP contribution in [-0.2, 0) is 6.42 Å². The second-order valence-corrected chi connectivity index (χ2v) is 3.67. The van der Waals surface area contributed by atoms with Gasteiger partial charge in [0.25, 0.3) is 0 Å². The summed E-state index contributed by atoms with van der Waals surface area (Å²) in [4.78, 5) is 0. The lowest BCUT2D eigenvalue weighted by molar-refractivity contribution is 0.409. The minimum atomic E-state index is 0.749. The van der Waals surface area contributed by atoms with Gasteiger partial charge in [0.2, 0.25) is 0 Å². The Morgan fingerprint density at radius 2 is 2.20 bits per heavy atom. The first-order valence-corrected chi connectivity index (χ1v) is 5.33. The molecule has 0 aliphatic carbocycles. The molecule has 0 spiro atoms. The zero-order valence-corrected chi connectivity index (χ0v) is 9.90. The number of hydrogen-bond acceptors (Lipinski definition) is 3. The first-order valence-electron chi connectivity index (χ1n) is 4.95. The van der Waals surface area contributed by atoms with Crippen molar-refractivity contribution in [2.24, 2.45) is 0 Å². The number of rotatable bonds is 6. The second kappa shape index (κ2) is 6.67. The van der Waals surface area contributed by atoms with E-state index in [1.165, 1.54) is 0 Å². The molecule has 0 amide bonds. The molecule has 0 heterocycles. The van der Waals surface area contributed by atoms with Crippen LogP contribution in [0.5, 0.6) is 5.75 Å². The highest BCUT2D eigenvalue weighted by atomic mass is 35.5. The summed E-state index contributed by atoms with van der Waals surface area (Å²) in [5, 5.41) is 7.02. The molecule has 0 bridgehead atoms. The monoisotopic (exact) mass is 228 g/mol. The van der Waals surface area contributed by atoms with Gasteiger partial charge < -0.3 is 15.4 Å². The van der Waals surface area contributed by atoms with E-state index in [9.17, 15) is 0 Å². The molecule has 1 aromatic carbocycles. The summed E-state index contributed by atoms with van der Waals surface area (Å²) in [5.41, 5.74) is 1.13. The number of nitrogens with one attached hydrogen (secondary N) is 2. The smallest absolute Gasteiger partial charge is 0.122 e. The van der Waals surface area contributed by atoms with Crippen molar-refractivity contribution in [1.29, 1.82) is 0 Å². The Kier molecular flexibility index (Phi) is 5.47. The molecule has 0 unspecified atom stereocenters. The van der Waals surface area contributed by atoms with E-state index in [2.05, 4.69) is 10.6 Å². The third-order valence-corrected chi connectivity index (χ3v) is 2.35. The molecule has 0 radical (unpaired) electrons. The quantitative estimate of drug-likeness (QED) is 0.574. The summed E-state index contributed by atoms with van der Waals surface area (Å²) in [6.45, 7) is 1.71. The average Bonchev–Trinajstić information content (AvgIpc) is 2.25. The third kappa shape index (κ3) is 4.08. The second-order valence-electron chi connectivity index (χ2n) is 3.24. The molecule has 15 heavy (non-hydrogen) atoms. The molecule has 84 valence electrons. The van der Waals surface area contributed by atoms with E-state index in [0.717, 1.165) is 36.0 Å². The normalized spacial score (nSPS) is 10.3. The van der Waals surface area contributed by atoms with Gasteiger partial charge in [-0.2, -0.15) is 0 Å². The fourth-order valence-corrected chi connectivity index (χ4v) is 1.57. The first-order chi connectivity index (χ1) is 7.27. The largest absolute Gasteiger partial charge is 0.496 e. The minimum Gasteiger partial charge on any atom is -0.496 e. The Labute approximate surface area is 95.8 Å². The molecule has 0 aliphatic heterocycles. The van der Waals surface area contributed by atoms with Gasteiger partial charge in [-0.3, -0.25) is 0 Å². The van der Waals surface area contributed by atoms with E-state index < -0.39 is 0 Å². The van der Waals surface area contributed by atoms with Crippen LogP contribution in [0.2, 0.25) is 5.02 Å². The van der Waals surface area contributed by atoms with Crippen LogP contribution in [-0.4, -0.2) is 27.4 Å². The van der Waals surface area contributed by atoms with Crippen molar-refractivity contribution in [3.8, 4) is 5.75 Å². The minimum absolute atomic E-state index is 0.749. The topological polar surface area (TPSA) is 33.3 Å². The van der Waals surface area contributed by atoms with Crippen LogP contribution < -0.4 is 15.4 Å². The zero-order chi connectivity index (χ0) is 11.1. The van der Waals surface area contributed by atoms with E-state index in [1.54, 1.807) is 7.11 Å². The molecular formula is C11H17ClN2O. The van der Waals surface area contributed by atoms with Crippen molar-refractivity contribution in [1.82, 2.24) is 10.6 Å². The van der Waals surface area contributed by atoms with Crippen molar-refractivity contribution in [3.05, 3.63) is 28.8 Å². The summed E-state index contributed by atoms with van der Waals surface area (Å²) in [6, 6.07) is 5.68. The highest BCUT2D eigenvalue weighted by Gasteiger charge is 2.02. The van der Waals surface area contributed by atoms with Gasteiger partial charge in [0.1, 0.15) is 5.75 Å². The maximum Gasteiger partial charge on any atom is 0.122 e. The maximum atomic E-state index is 5.93. The SMILES string of the molecule is CNCNCCc1cc(Cl)ccc1OC. The van der Waals surface area contributed by atoms with Gasteiger partial charge in [-0.1, -0.05) is 11.6 Å². The van der Waals surface area contributed by atoms with Gasteiger partial charge >= 0.3 is 0 Å². The van der Waals surface area contributed by atoms with E-state index in [0.29, 0.717) is 0 Å². The lowest BCUT2D eigenvalue weighted by atomic mass is 10.1. The predicted octanol–water partition coefficient (Wildman–Crippen LogP) is 1.66. The van der Waals surface area contributed by atoms with Crippen LogP contribution in [0.15, 0.2) is 18.2 Å². The standard InChI is InChI=1S/C11H17ClN2O/c1-13-8-14-6-5-9-7-10(12)3-4-11(9)15-2/h3-4,7,13-14H,5-6,8H2,1-2H3. The number of methoxy groups -OCH3 is 1. The Hall–Kier alpha value is -0.770. The van der Waals surface area contributed by atoms with Gasteiger partial charge in [-0.25, -0.2) is 0 Å². The average molecular weight is 229 g/mol. The fourth-order valence-electron chi connectivity index (χ4n) is 1.38. The number of ether oxygens (including phenoxy) is 1.